The topological polar surface area (TPSA) is 115 Å². The third-order valence-corrected chi connectivity index (χ3v) is 7.56. The molecule has 0 radical (unpaired) electrons. The van der Waals surface area contributed by atoms with Crippen molar-refractivity contribution in [2.45, 2.75) is 43.8 Å². The average Bonchev–Trinajstić information content (AvgIpc) is 3.19. The number of anilines is 2. The number of hydrogen-bond donors (Lipinski definition) is 2. The SMILES string of the molecule is CN1CCC(c2cnc3c(C(=O)Cc4cnccc4N4C[C@@H](N)C[C@@H](C(F)(F)F)C4)c(N)oc3c2)CC1. The van der Waals surface area contributed by atoms with Gasteiger partial charge in [-0.15, -0.1) is 0 Å². The predicted octanol–water partition coefficient (Wildman–Crippen LogP) is 3.76. The fraction of sp³-hybridized carbons (Fsp3) is 0.500. The van der Waals surface area contributed by atoms with Gasteiger partial charge in [-0.05, 0) is 63.0 Å². The summed E-state index contributed by atoms with van der Waals surface area (Å²) in [4.78, 5) is 26.0. The van der Waals surface area contributed by atoms with Crippen LogP contribution in [0.3, 0.4) is 0 Å². The van der Waals surface area contributed by atoms with Crippen molar-refractivity contribution in [1.82, 2.24) is 14.9 Å². The number of Topliss-reactive ketones (excluding diaryl/α,β-unsaturated/α-hetero) is 1. The Labute approximate surface area is 212 Å². The largest absolute Gasteiger partial charge is 0.438 e. The minimum atomic E-state index is -4.35. The van der Waals surface area contributed by atoms with Gasteiger partial charge in [-0.25, -0.2) is 0 Å². The fourth-order valence-electron chi connectivity index (χ4n) is 5.54. The number of carbonyl (C=O) groups is 1. The third-order valence-electron chi connectivity index (χ3n) is 7.56. The van der Waals surface area contributed by atoms with Crippen molar-refractivity contribution in [3.63, 3.8) is 0 Å². The number of likely N-dealkylation sites (tertiary alicyclic amines) is 1. The Morgan fingerprint density at radius 2 is 1.97 bits per heavy atom. The van der Waals surface area contributed by atoms with Crippen LogP contribution in [-0.4, -0.2) is 66.1 Å². The second-order valence-electron chi connectivity index (χ2n) is 10.3. The summed E-state index contributed by atoms with van der Waals surface area (Å²) >= 11 is 0. The van der Waals surface area contributed by atoms with Gasteiger partial charge >= 0.3 is 6.18 Å². The first-order valence-corrected chi connectivity index (χ1v) is 12.5. The van der Waals surface area contributed by atoms with Crippen LogP contribution < -0.4 is 16.4 Å². The molecule has 2 aliphatic heterocycles. The monoisotopic (exact) mass is 516 g/mol. The number of rotatable bonds is 5. The van der Waals surface area contributed by atoms with Crippen LogP contribution in [0.15, 0.2) is 35.1 Å². The summed E-state index contributed by atoms with van der Waals surface area (Å²) in [6.45, 7) is 2.05. The van der Waals surface area contributed by atoms with Crippen LogP contribution in [0.1, 0.15) is 46.7 Å². The van der Waals surface area contributed by atoms with Crippen molar-refractivity contribution in [1.29, 1.82) is 0 Å². The number of piperidine rings is 2. The molecule has 0 amide bonds. The minimum absolute atomic E-state index is 0.0180. The Morgan fingerprint density at radius 1 is 1.22 bits per heavy atom. The highest BCUT2D eigenvalue weighted by atomic mass is 19.4. The maximum atomic E-state index is 13.5. The Kier molecular flexibility index (Phi) is 6.84. The van der Waals surface area contributed by atoms with E-state index in [0.29, 0.717) is 28.3 Å². The highest BCUT2D eigenvalue weighted by Crippen LogP contribution is 2.37. The first kappa shape index (κ1) is 25.5. The van der Waals surface area contributed by atoms with E-state index in [1.54, 1.807) is 17.2 Å². The Morgan fingerprint density at radius 3 is 2.70 bits per heavy atom. The number of nitrogens with two attached hydrogens (primary N) is 2. The molecule has 3 aromatic rings. The Hall–Kier alpha value is -3.18. The van der Waals surface area contributed by atoms with Gasteiger partial charge in [0.2, 0.25) is 5.88 Å². The molecule has 2 fully saturated rings. The lowest BCUT2D eigenvalue weighted by molar-refractivity contribution is -0.177. The molecule has 0 spiro atoms. The van der Waals surface area contributed by atoms with E-state index in [-0.39, 0.29) is 43.2 Å². The molecule has 5 rings (SSSR count). The normalized spacial score (nSPS) is 22.0. The highest BCUT2D eigenvalue weighted by molar-refractivity contribution is 6.10. The zero-order valence-corrected chi connectivity index (χ0v) is 20.7. The van der Waals surface area contributed by atoms with Gasteiger partial charge in [0.1, 0.15) is 11.1 Å². The number of hydrogen-bond acceptors (Lipinski definition) is 8. The number of halogens is 3. The lowest BCUT2D eigenvalue weighted by Gasteiger charge is -2.39. The molecule has 4 N–H and O–H groups in total. The summed E-state index contributed by atoms with van der Waals surface area (Å²) in [7, 11) is 2.10. The molecule has 0 bridgehead atoms. The van der Waals surface area contributed by atoms with Crippen LogP contribution in [0.4, 0.5) is 24.7 Å². The van der Waals surface area contributed by atoms with Crippen molar-refractivity contribution in [3.05, 3.63) is 47.4 Å². The minimum Gasteiger partial charge on any atom is -0.438 e. The van der Waals surface area contributed by atoms with E-state index >= 15 is 0 Å². The van der Waals surface area contributed by atoms with Gasteiger partial charge in [0.25, 0.3) is 0 Å². The van der Waals surface area contributed by atoms with Crippen LogP contribution >= 0.6 is 0 Å². The van der Waals surface area contributed by atoms with Gasteiger partial charge in [-0.1, -0.05) is 0 Å². The molecule has 0 aromatic carbocycles. The summed E-state index contributed by atoms with van der Waals surface area (Å²) < 4.78 is 46.2. The first-order valence-electron chi connectivity index (χ1n) is 12.5. The summed E-state index contributed by atoms with van der Waals surface area (Å²) in [6.07, 6.45) is 2.24. The Balaban J connectivity index is 1.39. The second-order valence-corrected chi connectivity index (χ2v) is 10.3. The number of aromatic nitrogens is 2. The third kappa shape index (κ3) is 5.28. The van der Waals surface area contributed by atoms with Crippen LogP contribution in [0.2, 0.25) is 0 Å². The molecule has 2 saturated heterocycles. The number of nitrogen functional groups attached to an aromatic ring is 1. The van der Waals surface area contributed by atoms with E-state index in [9.17, 15) is 18.0 Å². The van der Waals surface area contributed by atoms with Gasteiger partial charge in [0.15, 0.2) is 11.4 Å². The van der Waals surface area contributed by atoms with Gasteiger partial charge in [-0.2, -0.15) is 13.2 Å². The molecular formula is C26H31F3N6O2. The molecule has 3 aromatic heterocycles. The summed E-state index contributed by atoms with van der Waals surface area (Å²) in [5.74, 6) is -1.52. The van der Waals surface area contributed by atoms with E-state index < -0.39 is 18.1 Å². The zero-order chi connectivity index (χ0) is 26.3. The number of carbonyl (C=O) groups excluding carboxylic acids is 1. The summed E-state index contributed by atoms with van der Waals surface area (Å²) in [6, 6.07) is 2.90. The maximum absolute atomic E-state index is 13.5. The maximum Gasteiger partial charge on any atom is 0.393 e. The van der Waals surface area contributed by atoms with E-state index in [2.05, 4.69) is 21.9 Å². The molecular weight excluding hydrogens is 485 g/mol. The lowest BCUT2D eigenvalue weighted by Crippen LogP contribution is -2.51. The number of nitrogens with zero attached hydrogens (tertiary/aromatic N) is 4. The smallest absolute Gasteiger partial charge is 0.393 e. The fourth-order valence-corrected chi connectivity index (χ4v) is 5.54. The van der Waals surface area contributed by atoms with Crippen LogP contribution in [0.5, 0.6) is 0 Å². The molecule has 2 aliphatic rings. The number of fused-ring (bicyclic) bond motifs is 1. The van der Waals surface area contributed by atoms with Gasteiger partial charge in [0.05, 0.1) is 5.92 Å². The number of pyridine rings is 2. The highest BCUT2D eigenvalue weighted by Gasteiger charge is 2.44. The standard InChI is InChI=1S/C26H31F3N6O2/c1-34-6-3-15(4-7-34)16-9-22-24(33-12-16)23(25(31)37-22)21(36)8-17-11-32-5-2-20(17)35-13-18(26(27,28)29)10-19(30)14-35/h2,5,9,11-12,15,18-19H,3-4,6-8,10,13-14,30-31H2,1H3/t18-,19+/m1/s1. The number of furan rings is 1. The molecule has 2 atom stereocenters. The quantitative estimate of drug-likeness (QED) is 0.493. The molecule has 11 heteroatoms. The van der Waals surface area contributed by atoms with E-state index in [1.165, 1.54) is 12.4 Å². The van der Waals surface area contributed by atoms with Gasteiger partial charge in [-0.3, -0.25) is 14.8 Å². The Bertz CT molecular complexity index is 1290. The predicted molar refractivity (Wildman–Crippen MR) is 135 cm³/mol. The van der Waals surface area contributed by atoms with Crippen LogP contribution in [0, 0.1) is 5.92 Å². The van der Waals surface area contributed by atoms with E-state index in [0.717, 1.165) is 31.5 Å². The molecule has 37 heavy (non-hydrogen) atoms. The molecule has 8 nitrogen and oxygen atoms in total. The van der Waals surface area contributed by atoms with Crippen molar-refractivity contribution < 1.29 is 22.4 Å². The summed E-state index contributed by atoms with van der Waals surface area (Å²) in [5.41, 5.74) is 15.2. The molecule has 0 aliphatic carbocycles. The molecule has 0 saturated carbocycles. The van der Waals surface area contributed by atoms with Crippen molar-refractivity contribution in [2.75, 3.05) is 43.9 Å². The molecule has 5 heterocycles. The van der Waals surface area contributed by atoms with Crippen molar-refractivity contribution in [3.8, 4) is 0 Å². The van der Waals surface area contributed by atoms with Crippen LogP contribution in [0.25, 0.3) is 11.1 Å². The van der Waals surface area contributed by atoms with Gasteiger partial charge < -0.3 is 25.7 Å². The van der Waals surface area contributed by atoms with Crippen molar-refractivity contribution >= 4 is 28.5 Å². The molecule has 0 unspecified atom stereocenters. The van der Waals surface area contributed by atoms with Crippen molar-refractivity contribution in [2.24, 2.45) is 11.7 Å². The first-order chi connectivity index (χ1) is 17.6. The number of alkyl halides is 3. The zero-order valence-electron chi connectivity index (χ0n) is 20.7. The lowest BCUT2D eigenvalue weighted by atomic mass is 9.90. The van der Waals surface area contributed by atoms with E-state index in [1.807, 2.05) is 6.07 Å². The van der Waals surface area contributed by atoms with Crippen LogP contribution in [-0.2, 0) is 6.42 Å². The molecule has 198 valence electrons. The van der Waals surface area contributed by atoms with Gasteiger partial charge in [0, 0.05) is 55.4 Å². The average molecular weight is 517 g/mol. The second kappa shape index (κ2) is 9.94. The summed E-state index contributed by atoms with van der Waals surface area (Å²) in [5, 5.41) is 0. The van der Waals surface area contributed by atoms with E-state index in [4.69, 9.17) is 15.9 Å². The number of ketones is 1.